The molecule has 0 aliphatic heterocycles. The Bertz CT molecular complexity index is 692. The Balaban J connectivity index is 2.50. The Morgan fingerprint density at radius 2 is 1.90 bits per heavy atom. The van der Waals surface area contributed by atoms with Gasteiger partial charge in [-0.15, -0.1) is 0 Å². The minimum Gasteiger partial charge on any atom is -0.478 e. The maximum absolute atomic E-state index is 12.9. The average molecular weight is 316 g/mol. The maximum atomic E-state index is 12.9. The van der Waals surface area contributed by atoms with E-state index in [1.165, 1.54) is 18.2 Å². The normalized spacial score (nSPS) is 10.3. The molecule has 0 atom stereocenters. The van der Waals surface area contributed by atoms with Gasteiger partial charge in [0.1, 0.15) is 17.1 Å². The van der Waals surface area contributed by atoms with Gasteiger partial charge in [0.15, 0.2) is 5.75 Å². The molecule has 104 valence electrons. The topological polar surface area (TPSA) is 72.5 Å². The summed E-state index contributed by atoms with van der Waals surface area (Å²) in [4.78, 5) is 11.2. The molecule has 0 amide bonds. The number of carboxylic acid groups (broad SMARTS) is 1. The van der Waals surface area contributed by atoms with Crippen molar-refractivity contribution in [2.45, 2.75) is 0 Å². The van der Waals surface area contributed by atoms with Gasteiger partial charge in [-0.05, 0) is 30.3 Å². The summed E-state index contributed by atoms with van der Waals surface area (Å²) in [5, 5.41) is 9.13. The fourth-order valence-electron chi connectivity index (χ4n) is 1.54. The Labute approximate surface area is 123 Å². The summed E-state index contributed by atoms with van der Waals surface area (Å²) in [6.07, 6.45) is 0. The third-order valence-electron chi connectivity index (χ3n) is 2.40. The van der Waals surface area contributed by atoms with Crippen LogP contribution in [0.2, 0.25) is 10.0 Å². The molecule has 2 rings (SSSR count). The number of carboxylic acids is 1. The highest BCUT2D eigenvalue weighted by Gasteiger charge is 2.18. The molecule has 0 aliphatic rings. The second kappa shape index (κ2) is 5.56. The first-order valence-corrected chi connectivity index (χ1v) is 6.09. The van der Waals surface area contributed by atoms with E-state index in [0.29, 0.717) is 0 Å². The molecule has 0 spiro atoms. The Kier molecular flexibility index (Phi) is 4.01. The quantitative estimate of drug-likeness (QED) is 0.832. The van der Waals surface area contributed by atoms with Gasteiger partial charge in [0, 0.05) is 5.69 Å². The summed E-state index contributed by atoms with van der Waals surface area (Å²) >= 11 is 11.7. The molecule has 0 bridgehead atoms. The second-order valence-electron chi connectivity index (χ2n) is 3.86. The van der Waals surface area contributed by atoms with Crippen molar-refractivity contribution in [1.29, 1.82) is 0 Å². The fourth-order valence-corrected chi connectivity index (χ4v) is 2.02. The van der Waals surface area contributed by atoms with Crippen LogP contribution in [0.25, 0.3) is 0 Å². The highest BCUT2D eigenvalue weighted by atomic mass is 35.5. The van der Waals surface area contributed by atoms with Gasteiger partial charge < -0.3 is 15.6 Å². The number of benzene rings is 2. The number of halogens is 3. The summed E-state index contributed by atoms with van der Waals surface area (Å²) in [5.74, 6) is -1.82. The third-order valence-corrected chi connectivity index (χ3v) is 2.98. The molecule has 2 aromatic carbocycles. The first-order chi connectivity index (χ1) is 9.38. The molecule has 0 unspecified atom stereocenters. The number of hydrogen-bond acceptors (Lipinski definition) is 3. The van der Waals surface area contributed by atoms with Gasteiger partial charge in [0.25, 0.3) is 0 Å². The Morgan fingerprint density at radius 1 is 1.20 bits per heavy atom. The first kappa shape index (κ1) is 14.4. The van der Waals surface area contributed by atoms with Crippen LogP contribution in [0.15, 0.2) is 30.3 Å². The minimum absolute atomic E-state index is 0.00534. The predicted octanol–water partition coefficient (Wildman–Crippen LogP) is 4.21. The van der Waals surface area contributed by atoms with Crippen LogP contribution in [-0.4, -0.2) is 11.1 Å². The minimum atomic E-state index is -1.26. The van der Waals surface area contributed by atoms with Crippen molar-refractivity contribution in [3.05, 3.63) is 51.8 Å². The summed E-state index contributed by atoms with van der Waals surface area (Å²) in [7, 11) is 0. The van der Waals surface area contributed by atoms with Crippen molar-refractivity contribution in [3.63, 3.8) is 0 Å². The van der Waals surface area contributed by atoms with Crippen molar-refractivity contribution in [2.24, 2.45) is 0 Å². The number of carbonyl (C=O) groups is 1. The van der Waals surface area contributed by atoms with Gasteiger partial charge >= 0.3 is 5.97 Å². The molecular formula is C13H8Cl2FNO3. The average Bonchev–Trinajstić information content (AvgIpc) is 2.34. The van der Waals surface area contributed by atoms with Crippen LogP contribution in [0.1, 0.15) is 10.4 Å². The molecule has 3 N–H and O–H groups in total. The van der Waals surface area contributed by atoms with Crippen molar-refractivity contribution in [3.8, 4) is 11.5 Å². The van der Waals surface area contributed by atoms with Crippen LogP contribution < -0.4 is 10.5 Å². The third kappa shape index (κ3) is 2.95. The molecule has 0 radical (unpaired) electrons. The molecule has 0 heterocycles. The summed E-state index contributed by atoms with van der Waals surface area (Å²) < 4.78 is 18.3. The molecule has 0 fully saturated rings. The van der Waals surface area contributed by atoms with Gasteiger partial charge in [-0.25, -0.2) is 9.18 Å². The van der Waals surface area contributed by atoms with Crippen LogP contribution in [0.3, 0.4) is 0 Å². The Hall–Kier alpha value is -1.98. The highest BCUT2D eigenvalue weighted by molar-refractivity contribution is 6.33. The molecule has 0 aliphatic carbocycles. The van der Waals surface area contributed by atoms with E-state index < -0.39 is 11.8 Å². The molecule has 2 aromatic rings. The van der Waals surface area contributed by atoms with Gasteiger partial charge in [0.05, 0.1) is 10.0 Å². The summed E-state index contributed by atoms with van der Waals surface area (Å²) in [6, 6.07) is 6.01. The number of rotatable bonds is 3. The fraction of sp³-hybridized carbons (Fsp3) is 0. The lowest BCUT2D eigenvalue weighted by atomic mass is 10.2. The van der Waals surface area contributed by atoms with Gasteiger partial charge in [-0.2, -0.15) is 0 Å². The van der Waals surface area contributed by atoms with Gasteiger partial charge in [-0.1, -0.05) is 23.2 Å². The van der Waals surface area contributed by atoms with E-state index in [-0.39, 0.29) is 32.8 Å². The largest absolute Gasteiger partial charge is 0.478 e. The first-order valence-electron chi connectivity index (χ1n) is 5.33. The predicted molar refractivity (Wildman–Crippen MR) is 74.3 cm³/mol. The zero-order valence-corrected chi connectivity index (χ0v) is 11.4. The number of nitrogens with two attached hydrogens (primary N) is 1. The number of hydrogen-bond donors (Lipinski definition) is 2. The number of nitrogen functional groups attached to an aromatic ring is 1. The van der Waals surface area contributed by atoms with E-state index in [0.717, 1.165) is 12.1 Å². The van der Waals surface area contributed by atoms with E-state index in [9.17, 15) is 9.18 Å². The maximum Gasteiger partial charge on any atom is 0.339 e. The van der Waals surface area contributed by atoms with Gasteiger partial charge in [-0.3, -0.25) is 0 Å². The SMILES string of the molecule is Nc1cc(Cl)c(Oc2ccc(F)cc2Cl)c(C(=O)O)c1. The molecule has 4 nitrogen and oxygen atoms in total. The lowest BCUT2D eigenvalue weighted by Gasteiger charge is -2.12. The van der Waals surface area contributed by atoms with E-state index in [1.807, 2.05) is 0 Å². The number of ether oxygens (including phenoxy) is 1. The van der Waals surface area contributed by atoms with E-state index in [1.54, 1.807) is 0 Å². The summed E-state index contributed by atoms with van der Waals surface area (Å²) in [5.41, 5.74) is 5.50. The van der Waals surface area contributed by atoms with Crippen molar-refractivity contribution in [1.82, 2.24) is 0 Å². The zero-order chi connectivity index (χ0) is 14.9. The zero-order valence-electron chi connectivity index (χ0n) is 9.86. The second-order valence-corrected chi connectivity index (χ2v) is 4.68. The van der Waals surface area contributed by atoms with Crippen molar-refractivity contribution in [2.75, 3.05) is 5.73 Å². The van der Waals surface area contributed by atoms with E-state index >= 15 is 0 Å². The van der Waals surface area contributed by atoms with E-state index in [2.05, 4.69) is 0 Å². The van der Waals surface area contributed by atoms with Crippen molar-refractivity contribution < 1.29 is 19.0 Å². The van der Waals surface area contributed by atoms with Crippen molar-refractivity contribution >= 4 is 34.9 Å². The number of aromatic carboxylic acids is 1. The van der Waals surface area contributed by atoms with E-state index in [4.69, 9.17) is 38.8 Å². The molecule has 7 heteroatoms. The lowest BCUT2D eigenvalue weighted by molar-refractivity contribution is 0.0694. The molecule has 0 saturated heterocycles. The van der Waals surface area contributed by atoms with Crippen LogP contribution in [0.5, 0.6) is 11.5 Å². The van der Waals surface area contributed by atoms with Crippen LogP contribution in [0, 0.1) is 5.82 Å². The molecule has 20 heavy (non-hydrogen) atoms. The standard InChI is InChI=1S/C13H8Cl2FNO3/c14-9-3-6(16)1-2-11(9)20-12-8(13(18)19)4-7(17)5-10(12)15/h1-5H,17H2,(H,18,19). The van der Waals surface area contributed by atoms with Crippen LogP contribution in [-0.2, 0) is 0 Å². The monoisotopic (exact) mass is 315 g/mol. The van der Waals surface area contributed by atoms with Crippen LogP contribution in [0.4, 0.5) is 10.1 Å². The molecule has 0 saturated carbocycles. The molecule has 0 aromatic heterocycles. The van der Waals surface area contributed by atoms with Crippen LogP contribution >= 0.6 is 23.2 Å². The number of anilines is 1. The summed E-state index contributed by atoms with van der Waals surface area (Å²) in [6.45, 7) is 0. The Morgan fingerprint density at radius 3 is 2.50 bits per heavy atom. The van der Waals surface area contributed by atoms with Gasteiger partial charge in [0.2, 0.25) is 0 Å². The highest BCUT2D eigenvalue weighted by Crippen LogP contribution is 2.37. The lowest BCUT2D eigenvalue weighted by Crippen LogP contribution is -2.02. The molecular weight excluding hydrogens is 308 g/mol. The smallest absolute Gasteiger partial charge is 0.339 e.